The van der Waals surface area contributed by atoms with E-state index in [4.69, 9.17) is 16.3 Å². The molecular weight excluding hydrogens is 378 g/mol. The predicted octanol–water partition coefficient (Wildman–Crippen LogP) is 2.72. The highest BCUT2D eigenvalue weighted by atomic mass is 35.5. The standard InChI is InChI=1S/C21H22ClN3O3/c1-15-5-6-19-18(11-15)25(21(27)14-28-19)13-20(26)24-9-7-23(8-10-24)17-4-2-3-16(22)12-17/h2-6,11-12H,7-10,13-14H2,1H3. The summed E-state index contributed by atoms with van der Waals surface area (Å²) in [6.07, 6.45) is 0. The average molecular weight is 400 g/mol. The van der Waals surface area contributed by atoms with Crippen molar-refractivity contribution in [1.29, 1.82) is 0 Å². The number of piperazine rings is 1. The van der Waals surface area contributed by atoms with Crippen LogP contribution in [0.25, 0.3) is 0 Å². The molecule has 0 radical (unpaired) electrons. The van der Waals surface area contributed by atoms with E-state index in [9.17, 15) is 9.59 Å². The number of nitrogens with zero attached hydrogens (tertiary/aromatic N) is 3. The number of halogens is 1. The third-order valence-electron chi connectivity index (χ3n) is 5.16. The van der Waals surface area contributed by atoms with Crippen molar-refractivity contribution in [3.05, 3.63) is 53.1 Å². The fourth-order valence-electron chi connectivity index (χ4n) is 3.61. The smallest absolute Gasteiger partial charge is 0.265 e. The number of aryl methyl sites for hydroxylation is 1. The van der Waals surface area contributed by atoms with Gasteiger partial charge in [0.2, 0.25) is 5.91 Å². The highest BCUT2D eigenvalue weighted by Gasteiger charge is 2.30. The first-order valence-corrected chi connectivity index (χ1v) is 9.71. The molecule has 6 nitrogen and oxygen atoms in total. The first kappa shape index (κ1) is 18.6. The molecule has 0 atom stereocenters. The second-order valence-electron chi connectivity index (χ2n) is 7.09. The molecule has 2 heterocycles. The van der Waals surface area contributed by atoms with Crippen LogP contribution in [0.4, 0.5) is 11.4 Å². The van der Waals surface area contributed by atoms with E-state index in [0.29, 0.717) is 29.5 Å². The molecular formula is C21H22ClN3O3. The minimum atomic E-state index is -0.191. The molecule has 0 unspecified atom stereocenters. The summed E-state index contributed by atoms with van der Waals surface area (Å²) in [7, 11) is 0. The Balaban J connectivity index is 1.41. The SMILES string of the molecule is Cc1ccc2c(c1)N(CC(=O)N1CCN(c3cccc(Cl)c3)CC1)C(=O)CO2. The third-order valence-corrected chi connectivity index (χ3v) is 5.39. The normalized spacial score (nSPS) is 16.6. The van der Waals surface area contributed by atoms with Crippen molar-refractivity contribution in [1.82, 2.24) is 4.90 Å². The lowest BCUT2D eigenvalue weighted by Gasteiger charge is -2.37. The molecule has 2 aliphatic heterocycles. The number of fused-ring (bicyclic) bond motifs is 1. The highest BCUT2D eigenvalue weighted by Crippen LogP contribution is 2.32. The Labute approximate surface area is 169 Å². The van der Waals surface area contributed by atoms with Gasteiger partial charge in [0.15, 0.2) is 6.61 Å². The number of carbonyl (C=O) groups is 2. The summed E-state index contributed by atoms with van der Waals surface area (Å²) >= 11 is 6.08. The van der Waals surface area contributed by atoms with Crippen LogP contribution in [-0.4, -0.2) is 56.0 Å². The van der Waals surface area contributed by atoms with Gasteiger partial charge < -0.3 is 14.5 Å². The van der Waals surface area contributed by atoms with Crippen LogP contribution in [0.1, 0.15) is 5.56 Å². The summed E-state index contributed by atoms with van der Waals surface area (Å²) < 4.78 is 5.49. The number of hydrogen-bond acceptors (Lipinski definition) is 4. The van der Waals surface area contributed by atoms with Crippen LogP contribution in [0.15, 0.2) is 42.5 Å². The van der Waals surface area contributed by atoms with Gasteiger partial charge in [0.05, 0.1) is 5.69 Å². The number of amides is 2. The van der Waals surface area contributed by atoms with Crippen LogP contribution in [0.3, 0.4) is 0 Å². The van der Waals surface area contributed by atoms with Crippen LogP contribution in [0.2, 0.25) is 5.02 Å². The van der Waals surface area contributed by atoms with E-state index in [1.807, 2.05) is 54.3 Å². The number of anilines is 2. The molecule has 2 aromatic rings. The van der Waals surface area contributed by atoms with E-state index in [1.165, 1.54) is 4.90 Å². The quantitative estimate of drug-likeness (QED) is 0.796. The van der Waals surface area contributed by atoms with Gasteiger partial charge in [-0.05, 0) is 42.8 Å². The molecule has 4 rings (SSSR count). The molecule has 2 aromatic carbocycles. The van der Waals surface area contributed by atoms with Crippen molar-refractivity contribution in [3.63, 3.8) is 0 Å². The maximum absolute atomic E-state index is 12.9. The van der Waals surface area contributed by atoms with E-state index >= 15 is 0 Å². The van der Waals surface area contributed by atoms with Crippen molar-refractivity contribution in [2.24, 2.45) is 0 Å². The predicted molar refractivity (Wildman–Crippen MR) is 109 cm³/mol. The second kappa shape index (κ2) is 7.72. The highest BCUT2D eigenvalue weighted by molar-refractivity contribution is 6.30. The number of carbonyl (C=O) groups excluding carboxylic acids is 2. The summed E-state index contributed by atoms with van der Waals surface area (Å²) in [5.41, 5.74) is 2.75. The molecule has 146 valence electrons. The van der Waals surface area contributed by atoms with Gasteiger partial charge in [-0.3, -0.25) is 14.5 Å². The number of ether oxygens (including phenoxy) is 1. The van der Waals surface area contributed by atoms with Gasteiger partial charge >= 0.3 is 0 Å². The monoisotopic (exact) mass is 399 g/mol. The summed E-state index contributed by atoms with van der Waals surface area (Å²) in [4.78, 5) is 30.8. The summed E-state index contributed by atoms with van der Waals surface area (Å²) in [6.45, 7) is 4.66. The Morgan fingerprint density at radius 3 is 2.64 bits per heavy atom. The zero-order chi connectivity index (χ0) is 19.7. The fourth-order valence-corrected chi connectivity index (χ4v) is 3.79. The molecule has 0 aromatic heterocycles. The van der Waals surface area contributed by atoms with Crippen LogP contribution in [-0.2, 0) is 9.59 Å². The molecule has 0 aliphatic carbocycles. The Morgan fingerprint density at radius 1 is 1.11 bits per heavy atom. The molecule has 7 heteroatoms. The minimum absolute atomic E-state index is 0.0358. The molecule has 0 N–H and O–H groups in total. The Hall–Kier alpha value is -2.73. The minimum Gasteiger partial charge on any atom is -0.482 e. The van der Waals surface area contributed by atoms with Gasteiger partial charge in [0, 0.05) is 36.9 Å². The molecule has 0 spiro atoms. The summed E-state index contributed by atoms with van der Waals surface area (Å²) in [5.74, 6) is 0.404. The molecule has 2 amide bonds. The molecule has 2 aliphatic rings. The van der Waals surface area contributed by atoms with Crippen LogP contribution >= 0.6 is 11.6 Å². The van der Waals surface area contributed by atoms with Gasteiger partial charge in [-0.15, -0.1) is 0 Å². The molecule has 1 saturated heterocycles. The lowest BCUT2D eigenvalue weighted by Crippen LogP contribution is -2.53. The second-order valence-corrected chi connectivity index (χ2v) is 7.52. The maximum atomic E-state index is 12.9. The maximum Gasteiger partial charge on any atom is 0.265 e. The van der Waals surface area contributed by atoms with Gasteiger partial charge in [0.25, 0.3) is 5.91 Å². The molecule has 0 saturated carbocycles. The zero-order valence-corrected chi connectivity index (χ0v) is 16.5. The van der Waals surface area contributed by atoms with Gasteiger partial charge in [-0.1, -0.05) is 23.7 Å². The van der Waals surface area contributed by atoms with Crippen molar-refractivity contribution >= 4 is 34.8 Å². The Bertz CT molecular complexity index is 910. The van der Waals surface area contributed by atoms with E-state index in [-0.39, 0.29) is 25.0 Å². The Kier molecular flexibility index (Phi) is 5.13. The molecule has 0 bridgehead atoms. The van der Waals surface area contributed by atoms with Crippen LogP contribution < -0.4 is 14.5 Å². The first-order chi connectivity index (χ1) is 13.5. The van der Waals surface area contributed by atoms with Gasteiger partial charge in [-0.25, -0.2) is 0 Å². The van der Waals surface area contributed by atoms with E-state index in [2.05, 4.69) is 4.90 Å². The third kappa shape index (κ3) is 3.78. The summed E-state index contributed by atoms with van der Waals surface area (Å²) in [5, 5.41) is 0.704. The fraction of sp³-hybridized carbons (Fsp3) is 0.333. The van der Waals surface area contributed by atoms with Crippen molar-refractivity contribution < 1.29 is 14.3 Å². The van der Waals surface area contributed by atoms with Crippen LogP contribution in [0.5, 0.6) is 5.75 Å². The summed E-state index contributed by atoms with van der Waals surface area (Å²) in [6, 6.07) is 13.4. The molecule has 1 fully saturated rings. The number of hydrogen-bond donors (Lipinski definition) is 0. The number of rotatable bonds is 3. The largest absolute Gasteiger partial charge is 0.482 e. The lowest BCUT2D eigenvalue weighted by atomic mass is 10.1. The van der Waals surface area contributed by atoms with E-state index in [1.54, 1.807) is 0 Å². The average Bonchev–Trinajstić information content (AvgIpc) is 2.70. The van der Waals surface area contributed by atoms with E-state index < -0.39 is 0 Å². The van der Waals surface area contributed by atoms with Gasteiger partial charge in [0.1, 0.15) is 12.3 Å². The zero-order valence-electron chi connectivity index (χ0n) is 15.7. The topological polar surface area (TPSA) is 53.1 Å². The van der Waals surface area contributed by atoms with Crippen molar-refractivity contribution in [2.45, 2.75) is 6.92 Å². The van der Waals surface area contributed by atoms with Crippen molar-refractivity contribution in [3.8, 4) is 5.75 Å². The number of benzene rings is 2. The molecule has 28 heavy (non-hydrogen) atoms. The van der Waals surface area contributed by atoms with Crippen LogP contribution in [0, 0.1) is 6.92 Å². The first-order valence-electron chi connectivity index (χ1n) is 9.33. The lowest BCUT2D eigenvalue weighted by molar-refractivity contribution is -0.132. The Morgan fingerprint density at radius 2 is 1.89 bits per heavy atom. The van der Waals surface area contributed by atoms with Gasteiger partial charge in [-0.2, -0.15) is 0 Å². The van der Waals surface area contributed by atoms with E-state index in [0.717, 1.165) is 24.3 Å². The van der Waals surface area contributed by atoms with Crippen molar-refractivity contribution in [2.75, 3.05) is 49.1 Å².